The number of imidazole rings is 1. The normalized spacial score (nSPS) is 14.7. The second-order valence-corrected chi connectivity index (χ2v) is 4.91. The first-order valence-electron chi connectivity index (χ1n) is 6.89. The maximum atomic E-state index is 5.53. The van der Waals surface area contributed by atoms with Crippen molar-refractivity contribution in [2.24, 2.45) is 7.05 Å². The van der Waals surface area contributed by atoms with Crippen molar-refractivity contribution in [3.63, 3.8) is 0 Å². The lowest BCUT2D eigenvalue weighted by Gasteiger charge is -2.17. The number of fused-ring (bicyclic) bond motifs is 1. The van der Waals surface area contributed by atoms with Crippen molar-refractivity contribution in [3.05, 3.63) is 30.1 Å². The molecule has 2 atom stereocenters. The summed E-state index contributed by atoms with van der Waals surface area (Å²) < 4.78 is 7.68. The van der Waals surface area contributed by atoms with Crippen LogP contribution in [-0.4, -0.2) is 28.8 Å². The van der Waals surface area contributed by atoms with Crippen LogP contribution >= 0.6 is 0 Å². The maximum Gasteiger partial charge on any atom is 0.126 e. The summed E-state index contributed by atoms with van der Waals surface area (Å²) in [5.74, 6) is 1.06. The van der Waals surface area contributed by atoms with Gasteiger partial charge >= 0.3 is 0 Å². The van der Waals surface area contributed by atoms with E-state index >= 15 is 0 Å². The van der Waals surface area contributed by atoms with E-state index in [2.05, 4.69) is 36.8 Å². The van der Waals surface area contributed by atoms with E-state index in [9.17, 15) is 0 Å². The molecule has 0 bridgehead atoms. The number of aromatic nitrogens is 2. The van der Waals surface area contributed by atoms with Gasteiger partial charge in [0.2, 0.25) is 0 Å². The molecule has 2 aromatic rings. The van der Waals surface area contributed by atoms with Gasteiger partial charge in [0.15, 0.2) is 0 Å². The smallest absolute Gasteiger partial charge is 0.126 e. The van der Waals surface area contributed by atoms with E-state index < -0.39 is 0 Å². The highest BCUT2D eigenvalue weighted by atomic mass is 16.5. The van der Waals surface area contributed by atoms with Crippen molar-refractivity contribution in [1.82, 2.24) is 14.9 Å². The van der Waals surface area contributed by atoms with Crippen molar-refractivity contribution < 1.29 is 4.74 Å². The van der Waals surface area contributed by atoms with Gasteiger partial charge in [-0.25, -0.2) is 4.98 Å². The Bertz CT molecular complexity index is 535. The fourth-order valence-electron chi connectivity index (χ4n) is 2.33. The van der Waals surface area contributed by atoms with E-state index in [1.54, 1.807) is 0 Å². The molecule has 0 aliphatic heterocycles. The molecule has 104 valence electrons. The standard InChI is InChI=1S/C15H23N3O/c1-5-19-11(2)10-16-12(3)15-17-13-8-6-7-9-14(13)18(15)4/h6-9,11-12,16H,5,10H2,1-4H3. The third kappa shape index (κ3) is 3.14. The predicted molar refractivity (Wildman–Crippen MR) is 78.2 cm³/mol. The molecule has 1 N–H and O–H groups in total. The minimum atomic E-state index is 0.209. The molecule has 0 saturated carbocycles. The Hall–Kier alpha value is -1.39. The lowest BCUT2D eigenvalue weighted by molar-refractivity contribution is 0.0741. The molecule has 1 aromatic carbocycles. The van der Waals surface area contributed by atoms with E-state index in [0.29, 0.717) is 0 Å². The van der Waals surface area contributed by atoms with Gasteiger partial charge in [-0.3, -0.25) is 0 Å². The van der Waals surface area contributed by atoms with Crippen molar-refractivity contribution in [3.8, 4) is 0 Å². The van der Waals surface area contributed by atoms with Crippen molar-refractivity contribution >= 4 is 11.0 Å². The Morgan fingerprint density at radius 2 is 2.05 bits per heavy atom. The number of benzene rings is 1. The van der Waals surface area contributed by atoms with Crippen LogP contribution in [0.15, 0.2) is 24.3 Å². The molecule has 2 unspecified atom stereocenters. The van der Waals surface area contributed by atoms with Gasteiger partial charge in [-0.05, 0) is 32.9 Å². The molecular weight excluding hydrogens is 238 g/mol. The Labute approximate surface area is 114 Å². The quantitative estimate of drug-likeness (QED) is 0.869. The first-order valence-corrected chi connectivity index (χ1v) is 6.89. The first-order chi connectivity index (χ1) is 9.13. The summed E-state index contributed by atoms with van der Waals surface area (Å²) in [5, 5.41) is 3.48. The van der Waals surface area contributed by atoms with Gasteiger partial charge in [0.05, 0.1) is 23.2 Å². The van der Waals surface area contributed by atoms with Crippen molar-refractivity contribution in [2.75, 3.05) is 13.2 Å². The van der Waals surface area contributed by atoms with E-state index in [4.69, 9.17) is 9.72 Å². The third-order valence-corrected chi connectivity index (χ3v) is 3.37. The van der Waals surface area contributed by atoms with Gasteiger partial charge < -0.3 is 14.6 Å². The van der Waals surface area contributed by atoms with Gasteiger partial charge in [0.1, 0.15) is 5.82 Å². The molecule has 0 amide bonds. The van der Waals surface area contributed by atoms with Gasteiger partial charge in [0.25, 0.3) is 0 Å². The molecule has 0 aliphatic carbocycles. The van der Waals surface area contributed by atoms with Gasteiger partial charge in [0, 0.05) is 20.2 Å². The zero-order valence-electron chi connectivity index (χ0n) is 12.2. The predicted octanol–water partition coefficient (Wildman–Crippen LogP) is 2.65. The van der Waals surface area contributed by atoms with E-state index in [1.807, 2.05) is 25.1 Å². The zero-order chi connectivity index (χ0) is 13.8. The molecule has 1 aromatic heterocycles. The van der Waals surface area contributed by atoms with Crippen LogP contribution in [-0.2, 0) is 11.8 Å². The van der Waals surface area contributed by atoms with Crippen molar-refractivity contribution in [2.45, 2.75) is 32.9 Å². The summed E-state index contributed by atoms with van der Waals surface area (Å²) in [6, 6.07) is 8.42. The first kappa shape index (κ1) is 14.0. The summed E-state index contributed by atoms with van der Waals surface area (Å²) in [4.78, 5) is 4.70. The number of hydrogen-bond donors (Lipinski definition) is 1. The summed E-state index contributed by atoms with van der Waals surface area (Å²) in [6.45, 7) is 7.82. The molecule has 0 radical (unpaired) electrons. The minimum absolute atomic E-state index is 0.209. The Morgan fingerprint density at radius 3 is 2.74 bits per heavy atom. The molecule has 19 heavy (non-hydrogen) atoms. The second-order valence-electron chi connectivity index (χ2n) is 4.91. The minimum Gasteiger partial charge on any atom is -0.377 e. The lowest BCUT2D eigenvalue weighted by Crippen LogP contribution is -2.30. The molecule has 0 saturated heterocycles. The number of hydrogen-bond acceptors (Lipinski definition) is 3. The molecule has 1 heterocycles. The Kier molecular flexibility index (Phi) is 4.56. The summed E-state index contributed by atoms with van der Waals surface area (Å²) >= 11 is 0. The van der Waals surface area contributed by atoms with Crippen LogP contribution in [0, 0.1) is 0 Å². The highest BCUT2D eigenvalue weighted by Crippen LogP contribution is 2.18. The molecule has 0 aliphatic rings. The SMILES string of the molecule is CCOC(C)CNC(C)c1nc2ccccc2n1C. The molecule has 2 rings (SSSR count). The Morgan fingerprint density at radius 1 is 1.32 bits per heavy atom. The highest BCUT2D eigenvalue weighted by Gasteiger charge is 2.14. The van der Waals surface area contributed by atoms with E-state index in [0.717, 1.165) is 24.5 Å². The number of para-hydroxylation sites is 2. The molecule has 0 spiro atoms. The summed E-state index contributed by atoms with van der Waals surface area (Å²) in [7, 11) is 2.06. The van der Waals surface area contributed by atoms with Crippen LogP contribution < -0.4 is 5.32 Å². The fraction of sp³-hybridized carbons (Fsp3) is 0.533. The average Bonchev–Trinajstić information content (AvgIpc) is 2.74. The number of aryl methyl sites for hydroxylation is 1. The number of nitrogens with zero attached hydrogens (tertiary/aromatic N) is 2. The van der Waals surface area contributed by atoms with Crippen LogP contribution in [0.4, 0.5) is 0 Å². The Balaban J connectivity index is 2.09. The van der Waals surface area contributed by atoms with Crippen LogP contribution in [0.3, 0.4) is 0 Å². The summed E-state index contributed by atoms with van der Waals surface area (Å²) in [5.41, 5.74) is 2.22. The summed E-state index contributed by atoms with van der Waals surface area (Å²) in [6.07, 6.45) is 0.224. The number of nitrogens with one attached hydrogen (secondary N) is 1. The van der Waals surface area contributed by atoms with Crippen LogP contribution in [0.5, 0.6) is 0 Å². The van der Waals surface area contributed by atoms with Gasteiger partial charge in [-0.1, -0.05) is 12.1 Å². The van der Waals surface area contributed by atoms with Crippen LogP contribution in [0.1, 0.15) is 32.6 Å². The van der Waals surface area contributed by atoms with E-state index in [1.165, 1.54) is 5.52 Å². The molecule has 0 fully saturated rings. The van der Waals surface area contributed by atoms with E-state index in [-0.39, 0.29) is 12.1 Å². The topological polar surface area (TPSA) is 39.1 Å². The largest absolute Gasteiger partial charge is 0.377 e. The van der Waals surface area contributed by atoms with Crippen LogP contribution in [0.2, 0.25) is 0 Å². The lowest BCUT2D eigenvalue weighted by atomic mass is 10.3. The monoisotopic (exact) mass is 261 g/mol. The maximum absolute atomic E-state index is 5.53. The zero-order valence-corrected chi connectivity index (χ0v) is 12.2. The second kappa shape index (κ2) is 6.17. The number of ether oxygens (including phenoxy) is 1. The number of rotatable bonds is 6. The fourth-order valence-corrected chi connectivity index (χ4v) is 2.33. The molecule has 4 heteroatoms. The third-order valence-electron chi connectivity index (χ3n) is 3.37. The van der Waals surface area contributed by atoms with Gasteiger partial charge in [-0.2, -0.15) is 0 Å². The van der Waals surface area contributed by atoms with Crippen LogP contribution in [0.25, 0.3) is 11.0 Å². The average molecular weight is 261 g/mol. The van der Waals surface area contributed by atoms with Gasteiger partial charge in [-0.15, -0.1) is 0 Å². The molecular formula is C15H23N3O. The van der Waals surface area contributed by atoms with Crippen molar-refractivity contribution in [1.29, 1.82) is 0 Å². The molecule has 4 nitrogen and oxygen atoms in total. The highest BCUT2D eigenvalue weighted by molar-refractivity contribution is 5.75.